The van der Waals surface area contributed by atoms with Crippen molar-refractivity contribution in [2.24, 2.45) is 0 Å². The van der Waals surface area contributed by atoms with Crippen LogP contribution >= 0.6 is 0 Å². The Balaban J connectivity index is 1.83. The third kappa shape index (κ3) is 5.04. The Labute approximate surface area is 122 Å². The summed E-state index contributed by atoms with van der Waals surface area (Å²) in [7, 11) is 0. The van der Waals surface area contributed by atoms with Crippen molar-refractivity contribution < 1.29 is 14.3 Å². The van der Waals surface area contributed by atoms with Gasteiger partial charge in [0.1, 0.15) is 6.04 Å². The third-order valence-electron chi connectivity index (χ3n) is 3.89. The number of hydrogen-bond acceptors (Lipinski definition) is 5. The van der Waals surface area contributed by atoms with E-state index in [4.69, 9.17) is 9.47 Å². The van der Waals surface area contributed by atoms with E-state index in [1.165, 1.54) is 12.8 Å². The van der Waals surface area contributed by atoms with Gasteiger partial charge < -0.3 is 14.8 Å². The average Bonchev–Trinajstić information content (AvgIpc) is 3.23. The van der Waals surface area contributed by atoms with Crippen molar-refractivity contribution in [1.29, 1.82) is 0 Å². The zero-order chi connectivity index (χ0) is 14.4. The molecule has 2 rings (SSSR count). The molecule has 5 heteroatoms. The van der Waals surface area contributed by atoms with Gasteiger partial charge in [0.25, 0.3) is 0 Å². The summed E-state index contributed by atoms with van der Waals surface area (Å²) >= 11 is 0. The number of ether oxygens (including phenoxy) is 2. The van der Waals surface area contributed by atoms with Crippen LogP contribution in [0.4, 0.5) is 0 Å². The summed E-state index contributed by atoms with van der Waals surface area (Å²) in [6, 6.07) is 0.319. The highest BCUT2D eigenvalue weighted by Gasteiger charge is 2.31. The Hall–Kier alpha value is -0.650. The van der Waals surface area contributed by atoms with E-state index in [-0.39, 0.29) is 12.0 Å². The van der Waals surface area contributed by atoms with E-state index in [9.17, 15) is 4.79 Å². The second-order valence-electron chi connectivity index (χ2n) is 5.72. The van der Waals surface area contributed by atoms with Crippen LogP contribution in [0.3, 0.4) is 0 Å². The first kappa shape index (κ1) is 15.7. The fourth-order valence-corrected chi connectivity index (χ4v) is 2.78. The van der Waals surface area contributed by atoms with Crippen LogP contribution in [0.2, 0.25) is 0 Å². The predicted molar refractivity (Wildman–Crippen MR) is 77.7 cm³/mol. The molecular formula is C15H28N2O3. The predicted octanol–water partition coefficient (Wildman–Crippen LogP) is 1.17. The van der Waals surface area contributed by atoms with Gasteiger partial charge in [0.15, 0.2) is 0 Å². The highest BCUT2D eigenvalue weighted by Crippen LogP contribution is 2.20. The maximum atomic E-state index is 12.0. The highest BCUT2D eigenvalue weighted by molar-refractivity contribution is 5.76. The molecule has 0 spiro atoms. The summed E-state index contributed by atoms with van der Waals surface area (Å²) in [5.74, 6) is -0.113. The van der Waals surface area contributed by atoms with Crippen LogP contribution in [0.5, 0.6) is 0 Å². The molecule has 1 heterocycles. The molecule has 2 atom stereocenters. The smallest absolute Gasteiger partial charge is 0.324 e. The van der Waals surface area contributed by atoms with Gasteiger partial charge in [-0.15, -0.1) is 0 Å². The molecule has 5 nitrogen and oxygen atoms in total. The summed E-state index contributed by atoms with van der Waals surface area (Å²) in [6.45, 7) is 7.82. The Kier molecular flexibility index (Phi) is 6.26. The molecule has 116 valence electrons. The molecular weight excluding hydrogens is 256 g/mol. The Morgan fingerprint density at radius 3 is 2.75 bits per heavy atom. The lowest BCUT2D eigenvalue weighted by molar-refractivity contribution is -0.146. The molecule has 1 saturated carbocycles. The molecule has 2 unspecified atom stereocenters. The molecule has 0 radical (unpaired) electrons. The number of hydrogen-bond donors (Lipinski definition) is 1. The lowest BCUT2D eigenvalue weighted by Gasteiger charge is -2.34. The zero-order valence-corrected chi connectivity index (χ0v) is 12.8. The maximum absolute atomic E-state index is 12.0. The fraction of sp³-hybridized carbons (Fsp3) is 0.933. The molecule has 1 aliphatic heterocycles. The number of carbonyl (C=O) groups is 1. The zero-order valence-electron chi connectivity index (χ0n) is 12.8. The molecule has 2 fully saturated rings. The normalized spacial score (nSPS) is 25.4. The van der Waals surface area contributed by atoms with Gasteiger partial charge in [0, 0.05) is 25.7 Å². The van der Waals surface area contributed by atoms with E-state index < -0.39 is 0 Å². The van der Waals surface area contributed by atoms with E-state index >= 15 is 0 Å². The van der Waals surface area contributed by atoms with Gasteiger partial charge in [-0.1, -0.05) is 0 Å². The standard InChI is InChI=1S/C15H28N2O3/c1-3-19-13-6-5-9-17(10-13)11-14(15(18)20-4-2)16-12-7-8-12/h12-14,16H,3-11H2,1-2H3. The number of esters is 1. The number of piperidine rings is 1. The summed E-state index contributed by atoms with van der Waals surface area (Å²) in [5.41, 5.74) is 0. The van der Waals surface area contributed by atoms with Gasteiger partial charge in [0.05, 0.1) is 12.7 Å². The second-order valence-corrected chi connectivity index (χ2v) is 5.72. The van der Waals surface area contributed by atoms with E-state index in [2.05, 4.69) is 10.2 Å². The monoisotopic (exact) mass is 284 g/mol. The minimum atomic E-state index is -0.192. The van der Waals surface area contributed by atoms with E-state index in [0.717, 1.165) is 39.1 Å². The quantitative estimate of drug-likeness (QED) is 0.678. The molecule has 0 aromatic rings. The van der Waals surface area contributed by atoms with Crippen molar-refractivity contribution in [3.05, 3.63) is 0 Å². The molecule has 0 bridgehead atoms. The summed E-state index contributed by atoms with van der Waals surface area (Å²) in [4.78, 5) is 14.4. The van der Waals surface area contributed by atoms with Crippen molar-refractivity contribution in [3.8, 4) is 0 Å². The van der Waals surface area contributed by atoms with Gasteiger partial charge in [0.2, 0.25) is 0 Å². The van der Waals surface area contributed by atoms with Crippen molar-refractivity contribution in [3.63, 3.8) is 0 Å². The van der Waals surface area contributed by atoms with Gasteiger partial charge in [-0.25, -0.2) is 0 Å². The molecule has 2 aliphatic rings. The molecule has 1 aliphatic carbocycles. The van der Waals surface area contributed by atoms with Gasteiger partial charge in [-0.3, -0.25) is 9.69 Å². The third-order valence-corrected chi connectivity index (χ3v) is 3.89. The first-order chi connectivity index (χ1) is 9.72. The topological polar surface area (TPSA) is 50.8 Å². The lowest BCUT2D eigenvalue weighted by atomic mass is 10.1. The summed E-state index contributed by atoms with van der Waals surface area (Å²) in [6.07, 6.45) is 4.95. The average molecular weight is 284 g/mol. The number of rotatable bonds is 8. The number of nitrogens with zero attached hydrogens (tertiary/aromatic N) is 1. The van der Waals surface area contributed by atoms with E-state index in [0.29, 0.717) is 18.8 Å². The molecule has 0 aromatic carbocycles. The number of carbonyl (C=O) groups excluding carboxylic acids is 1. The molecule has 0 amide bonds. The van der Waals surface area contributed by atoms with Crippen LogP contribution in [0.15, 0.2) is 0 Å². The number of nitrogens with one attached hydrogen (secondary N) is 1. The largest absolute Gasteiger partial charge is 0.465 e. The van der Waals surface area contributed by atoms with Crippen molar-refractivity contribution >= 4 is 5.97 Å². The fourth-order valence-electron chi connectivity index (χ4n) is 2.78. The Morgan fingerprint density at radius 2 is 2.10 bits per heavy atom. The highest BCUT2D eigenvalue weighted by atomic mass is 16.5. The Bertz CT molecular complexity index is 305. The first-order valence-electron chi connectivity index (χ1n) is 7.99. The molecule has 0 aromatic heterocycles. The maximum Gasteiger partial charge on any atom is 0.324 e. The van der Waals surface area contributed by atoms with Crippen molar-refractivity contribution in [2.45, 2.75) is 57.7 Å². The summed E-state index contributed by atoms with van der Waals surface area (Å²) in [5, 5.41) is 3.41. The van der Waals surface area contributed by atoms with Crippen LogP contribution < -0.4 is 5.32 Å². The van der Waals surface area contributed by atoms with Gasteiger partial charge in [-0.05, 0) is 46.1 Å². The molecule has 1 saturated heterocycles. The van der Waals surface area contributed by atoms with Crippen LogP contribution in [0, 0.1) is 0 Å². The van der Waals surface area contributed by atoms with Crippen LogP contribution in [-0.4, -0.2) is 61.9 Å². The van der Waals surface area contributed by atoms with Crippen molar-refractivity contribution in [1.82, 2.24) is 10.2 Å². The van der Waals surface area contributed by atoms with E-state index in [1.807, 2.05) is 13.8 Å². The van der Waals surface area contributed by atoms with Crippen LogP contribution in [0.25, 0.3) is 0 Å². The minimum absolute atomic E-state index is 0.113. The SMILES string of the molecule is CCOC(=O)C(CN1CCCC(OCC)C1)NC1CC1. The lowest BCUT2D eigenvalue weighted by Crippen LogP contribution is -2.51. The van der Waals surface area contributed by atoms with Gasteiger partial charge >= 0.3 is 5.97 Å². The van der Waals surface area contributed by atoms with Gasteiger partial charge in [-0.2, -0.15) is 0 Å². The number of likely N-dealkylation sites (tertiary alicyclic amines) is 1. The molecule has 20 heavy (non-hydrogen) atoms. The molecule has 1 N–H and O–H groups in total. The van der Waals surface area contributed by atoms with E-state index in [1.54, 1.807) is 0 Å². The first-order valence-corrected chi connectivity index (χ1v) is 7.99. The second kappa shape index (κ2) is 7.96. The minimum Gasteiger partial charge on any atom is -0.465 e. The van der Waals surface area contributed by atoms with Crippen molar-refractivity contribution in [2.75, 3.05) is 32.8 Å². The Morgan fingerprint density at radius 1 is 1.30 bits per heavy atom. The summed E-state index contributed by atoms with van der Waals surface area (Å²) < 4.78 is 10.9. The van der Waals surface area contributed by atoms with Crippen LogP contribution in [0.1, 0.15) is 39.5 Å². The van der Waals surface area contributed by atoms with Crippen LogP contribution in [-0.2, 0) is 14.3 Å².